The lowest BCUT2D eigenvalue weighted by Gasteiger charge is -2.06. The van der Waals surface area contributed by atoms with Crippen LogP contribution in [0.15, 0.2) is 35.9 Å². The molecule has 1 heterocycles. The van der Waals surface area contributed by atoms with Gasteiger partial charge in [-0.2, -0.15) is 13.2 Å². The number of thiazole rings is 1. The van der Waals surface area contributed by atoms with Crippen molar-refractivity contribution in [2.45, 2.75) is 25.6 Å². The van der Waals surface area contributed by atoms with Crippen LogP contribution in [-0.2, 0) is 6.18 Å². The Morgan fingerprint density at radius 2 is 1.87 bits per heavy atom. The summed E-state index contributed by atoms with van der Waals surface area (Å²) in [5, 5.41) is 11.2. The van der Waals surface area contributed by atoms with E-state index in [9.17, 15) is 18.3 Å². The molecule has 1 aromatic heterocycles. The Morgan fingerprint density at radius 3 is 2.48 bits per heavy atom. The molecule has 0 radical (unpaired) electrons. The van der Waals surface area contributed by atoms with Gasteiger partial charge in [-0.15, -0.1) is 11.3 Å². The second-order valence-corrected chi connectivity index (χ2v) is 6.34. The SMILES string of the molecule is CC(O)C1=CCC=c2nc(-c3ccc(C(F)(F)F)cc3)sc2=C1. The summed E-state index contributed by atoms with van der Waals surface area (Å²) < 4.78 is 38.8. The Bertz CT molecular complexity index is 861. The molecule has 0 saturated carbocycles. The normalized spacial score (nSPS) is 15.8. The van der Waals surface area contributed by atoms with E-state index in [0.717, 1.165) is 27.6 Å². The second kappa shape index (κ2) is 5.94. The summed E-state index contributed by atoms with van der Waals surface area (Å²) in [6.07, 6.45) is 1.54. The molecule has 1 aromatic carbocycles. The number of alkyl halides is 3. The number of fused-ring (bicyclic) bond motifs is 1. The topological polar surface area (TPSA) is 33.1 Å². The third-order valence-electron chi connectivity index (χ3n) is 3.59. The largest absolute Gasteiger partial charge is 0.416 e. The van der Waals surface area contributed by atoms with Crippen molar-refractivity contribution in [2.75, 3.05) is 0 Å². The lowest BCUT2D eigenvalue weighted by atomic mass is 10.1. The number of halogens is 3. The highest BCUT2D eigenvalue weighted by atomic mass is 32.1. The Morgan fingerprint density at radius 1 is 1.17 bits per heavy atom. The third kappa shape index (κ3) is 3.38. The molecule has 3 rings (SSSR count). The molecule has 0 spiro atoms. The molecule has 120 valence electrons. The predicted molar refractivity (Wildman–Crippen MR) is 85.1 cm³/mol. The molecule has 1 aliphatic carbocycles. The number of hydrogen-bond donors (Lipinski definition) is 1. The standard InChI is InChI=1S/C17H14F3NOS/c1-10(22)12-3-2-4-14-15(9-12)23-16(21-14)11-5-7-13(8-6-11)17(18,19)20/h3-10,22H,2H2,1H3. The van der Waals surface area contributed by atoms with Gasteiger partial charge in [-0.3, -0.25) is 0 Å². The van der Waals surface area contributed by atoms with E-state index in [2.05, 4.69) is 4.98 Å². The number of aliphatic hydroxyl groups is 1. The number of benzene rings is 1. The van der Waals surface area contributed by atoms with Crippen LogP contribution in [0, 0.1) is 0 Å². The van der Waals surface area contributed by atoms with Gasteiger partial charge in [0.1, 0.15) is 5.01 Å². The minimum Gasteiger partial charge on any atom is -0.389 e. The predicted octanol–water partition coefficient (Wildman–Crippen LogP) is 3.10. The van der Waals surface area contributed by atoms with Gasteiger partial charge in [-0.05, 0) is 37.1 Å². The fourth-order valence-corrected chi connectivity index (χ4v) is 3.36. The van der Waals surface area contributed by atoms with Gasteiger partial charge in [-0.1, -0.05) is 24.3 Å². The second-order valence-electron chi connectivity index (χ2n) is 5.31. The fraction of sp³-hybridized carbons (Fsp3) is 0.235. The summed E-state index contributed by atoms with van der Waals surface area (Å²) in [6.45, 7) is 1.70. The van der Waals surface area contributed by atoms with Crippen molar-refractivity contribution < 1.29 is 18.3 Å². The maximum absolute atomic E-state index is 12.6. The Kier molecular flexibility index (Phi) is 4.12. The number of nitrogens with zero attached hydrogens (tertiary/aromatic N) is 1. The molecule has 1 aliphatic rings. The van der Waals surface area contributed by atoms with Crippen molar-refractivity contribution in [3.8, 4) is 10.6 Å². The summed E-state index contributed by atoms with van der Waals surface area (Å²) in [4.78, 5) is 4.50. The Hall–Kier alpha value is -1.92. The molecule has 2 aromatic rings. The smallest absolute Gasteiger partial charge is 0.389 e. The molecule has 23 heavy (non-hydrogen) atoms. The van der Waals surface area contributed by atoms with E-state index in [1.165, 1.54) is 23.5 Å². The van der Waals surface area contributed by atoms with E-state index in [0.29, 0.717) is 17.0 Å². The van der Waals surface area contributed by atoms with Crippen LogP contribution in [-0.4, -0.2) is 16.2 Å². The van der Waals surface area contributed by atoms with Crippen molar-refractivity contribution in [1.82, 2.24) is 4.98 Å². The highest BCUT2D eigenvalue weighted by Crippen LogP contribution is 2.30. The molecule has 1 unspecified atom stereocenters. The van der Waals surface area contributed by atoms with Crippen LogP contribution in [0.2, 0.25) is 0 Å². The first kappa shape index (κ1) is 16.0. The van der Waals surface area contributed by atoms with Crippen LogP contribution in [0.4, 0.5) is 13.2 Å². The highest BCUT2D eigenvalue weighted by molar-refractivity contribution is 7.13. The lowest BCUT2D eigenvalue weighted by molar-refractivity contribution is -0.137. The van der Waals surface area contributed by atoms with Crippen LogP contribution < -0.4 is 9.88 Å². The molecule has 0 aliphatic heterocycles. The van der Waals surface area contributed by atoms with Gasteiger partial charge >= 0.3 is 6.18 Å². The van der Waals surface area contributed by atoms with Gasteiger partial charge in [0.2, 0.25) is 0 Å². The molecule has 2 nitrogen and oxygen atoms in total. The molecule has 0 fully saturated rings. The van der Waals surface area contributed by atoms with Crippen molar-refractivity contribution in [2.24, 2.45) is 0 Å². The van der Waals surface area contributed by atoms with Gasteiger partial charge in [0.15, 0.2) is 0 Å². The molecule has 6 heteroatoms. The number of aliphatic hydroxyl groups excluding tert-OH is 1. The number of aromatic nitrogens is 1. The first-order valence-corrected chi connectivity index (χ1v) is 7.91. The molecular formula is C17H14F3NOS. The van der Waals surface area contributed by atoms with Crippen molar-refractivity contribution in [1.29, 1.82) is 0 Å². The molecule has 1 N–H and O–H groups in total. The van der Waals surface area contributed by atoms with E-state index in [1.807, 2.05) is 18.2 Å². The van der Waals surface area contributed by atoms with Crippen LogP contribution in [0.1, 0.15) is 18.9 Å². The molecule has 0 saturated heterocycles. The Balaban J connectivity index is 2.01. The summed E-state index contributed by atoms with van der Waals surface area (Å²) in [5.41, 5.74) is 0.805. The molecule has 0 amide bonds. The monoisotopic (exact) mass is 337 g/mol. The first-order valence-electron chi connectivity index (χ1n) is 7.09. The number of allylic oxidation sites excluding steroid dienone is 1. The Labute approximate surface area is 134 Å². The number of hydrogen-bond acceptors (Lipinski definition) is 3. The van der Waals surface area contributed by atoms with Crippen molar-refractivity contribution in [3.05, 3.63) is 51.4 Å². The summed E-state index contributed by atoms with van der Waals surface area (Å²) in [6, 6.07) is 5.01. The highest BCUT2D eigenvalue weighted by Gasteiger charge is 2.30. The minimum absolute atomic E-state index is 0.564. The fourth-order valence-electron chi connectivity index (χ4n) is 2.33. The van der Waals surface area contributed by atoms with Gasteiger partial charge in [0, 0.05) is 5.56 Å². The molecule has 0 bridgehead atoms. The van der Waals surface area contributed by atoms with Crippen LogP contribution in [0.3, 0.4) is 0 Å². The summed E-state index contributed by atoms with van der Waals surface area (Å²) in [5.74, 6) is 0. The molecular weight excluding hydrogens is 323 g/mol. The lowest BCUT2D eigenvalue weighted by Crippen LogP contribution is -2.20. The third-order valence-corrected chi connectivity index (χ3v) is 4.65. The van der Waals surface area contributed by atoms with Crippen LogP contribution >= 0.6 is 11.3 Å². The van der Waals surface area contributed by atoms with Gasteiger partial charge in [0.05, 0.1) is 21.5 Å². The average Bonchev–Trinajstić information content (AvgIpc) is 2.78. The average molecular weight is 337 g/mol. The summed E-state index contributed by atoms with van der Waals surface area (Å²) >= 11 is 1.41. The van der Waals surface area contributed by atoms with E-state index >= 15 is 0 Å². The van der Waals surface area contributed by atoms with Gasteiger partial charge in [0.25, 0.3) is 0 Å². The van der Waals surface area contributed by atoms with Crippen LogP contribution in [0.5, 0.6) is 0 Å². The van der Waals surface area contributed by atoms with Crippen molar-refractivity contribution >= 4 is 23.5 Å². The quantitative estimate of drug-likeness (QED) is 0.913. The molecule has 1 atom stereocenters. The summed E-state index contributed by atoms with van der Waals surface area (Å²) in [7, 11) is 0. The number of rotatable bonds is 2. The maximum Gasteiger partial charge on any atom is 0.416 e. The van der Waals surface area contributed by atoms with Gasteiger partial charge in [-0.25, -0.2) is 4.98 Å². The van der Waals surface area contributed by atoms with Crippen LogP contribution in [0.25, 0.3) is 22.7 Å². The van der Waals surface area contributed by atoms with E-state index in [1.54, 1.807) is 6.92 Å². The van der Waals surface area contributed by atoms with E-state index in [4.69, 9.17) is 0 Å². The van der Waals surface area contributed by atoms with Gasteiger partial charge < -0.3 is 5.11 Å². The minimum atomic E-state index is -4.34. The zero-order valence-corrected chi connectivity index (χ0v) is 13.1. The zero-order valence-electron chi connectivity index (χ0n) is 12.3. The zero-order chi connectivity index (χ0) is 16.6. The first-order chi connectivity index (χ1) is 10.8. The maximum atomic E-state index is 12.6. The van der Waals surface area contributed by atoms with E-state index in [-0.39, 0.29) is 0 Å². The van der Waals surface area contributed by atoms with Crippen molar-refractivity contribution in [3.63, 3.8) is 0 Å². The van der Waals surface area contributed by atoms with E-state index < -0.39 is 17.8 Å².